The smallest absolute Gasteiger partial charge is 0.238 e. The lowest BCUT2D eigenvalue weighted by atomic mass is 9.92. The van der Waals surface area contributed by atoms with Gasteiger partial charge >= 0.3 is 0 Å². The second kappa shape index (κ2) is 15.2. The maximum absolute atomic E-state index is 10.4. The topological polar surface area (TPSA) is 48.5 Å². The van der Waals surface area contributed by atoms with E-state index in [1.807, 2.05) is 0 Å². The molecule has 0 unspecified atom stereocenters. The summed E-state index contributed by atoms with van der Waals surface area (Å²) in [6, 6.07) is -37.3. The number of hydrogen-bond donors (Lipinski definition) is 0. The van der Waals surface area contributed by atoms with E-state index < -0.39 is 362 Å². The number of aromatic nitrogens is 5. The first-order chi connectivity index (χ1) is 49.5. The SMILES string of the molecule is [2H]c1cc2c(c([2H])c1[2H])c1c([2H])c([2H])c3c4c([2H])c([2H])c([2H])c([2H])c4n(-c4c([2H])c([2H])c([2H])c(-c5c([2H])c([2H])c6c7c([2H])c([2H])c([2H])c([2H])c7c7c([2H])c([2H])c([2H])c([2H])c7c6c5[2H])c4[2H])c3c1n2-c1nc(-c2c([2H])c([2H])c([2H])c([2H])c2[2H])nc(-c2c([2H])c([2H])c(-c3c([2H])c([2H])c([2H])c([2H])c3[2H])c([2H])c2[2H])n1. The van der Waals surface area contributed by atoms with Gasteiger partial charge in [-0.2, -0.15) is 9.97 Å². The van der Waals surface area contributed by atoms with Crippen molar-refractivity contribution in [3.8, 4) is 56.7 Å². The zero-order valence-electron chi connectivity index (χ0n) is 71.8. The molecule has 0 saturated carbocycles. The molecule has 5 heteroatoms. The predicted octanol–water partition coefficient (Wildman–Crippen LogP) is 16.2. The highest BCUT2D eigenvalue weighted by molar-refractivity contribution is 6.26. The van der Waals surface area contributed by atoms with Gasteiger partial charge in [-0.1, -0.05) is 205 Å². The molecule has 5 nitrogen and oxygen atoms in total. The minimum absolute atomic E-state index is 0.550. The first-order valence-electron chi connectivity index (χ1n) is 39.0. The van der Waals surface area contributed by atoms with Crippen LogP contribution in [0.25, 0.3) is 133 Å². The number of fused-ring (bicyclic) bond motifs is 13. The normalized spacial score (nSPS) is 19.6. The Bertz CT molecular complexity index is 6490. The lowest BCUT2D eigenvalue weighted by Gasteiger charge is -2.15. The van der Waals surface area contributed by atoms with Crippen LogP contribution in [0.5, 0.6) is 0 Å². The fraction of sp³-hybridized carbons (Fsp3) is 0. The molecule has 68 heavy (non-hydrogen) atoms. The van der Waals surface area contributed by atoms with Crippen molar-refractivity contribution in [3.05, 3.63) is 236 Å². The van der Waals surface area contributed by atoms with Crippen molar-refractivity contribution in [1.29, 1.82) is 0 Å². The molecular formula is C63H39N5. The summed E-state index contributed by atoms with van der Waals surface area (Å²) in [6.45, 7) is 0. The monoisotopic (exact) mass is 904 g/mol. The van der Waals surface area contributed by atoms with Crippen LogP contribution in [-0.4, -0.2) is 24.1 Å². The molecule has 0 fully saturated rings. The van der Waals surface area contributed by atoms with Gasteiger partial charge in [0.05, 0.1) is 74.2 Å². The van der Waals surface area contributed by atoms with Crippen LogP contribution in [0.15, 0.2) is 236 Å². The van der Waals surface area contributed by atoms with Crippen molar-refractivity contribution >= 4 is 75.9 Å². The molecule has 0 spiro atoms. The van der Waals surface area contributed by atoms with E-state index in [2.05, 4.69) is 15.0 Å². The summed E-state index contributed by atoms with van der Waals surface area (Å²) in [5.41, 5.74) is -9.44. The molecule has 0 N–H and O–H groups in total. The van der Waals surface area contributed by atoms with Crippen LogP contribution in [0.1, 0.15) is 52.1 Å². The van der Waals surface area contributed by atoms with Gasteiger partial charge in [-0.05, 0) is 84.8 Å². The van der Waals surface area contributed by atoms with Gasteiger partial charge in [0.1, 0.15) is 0 Å². The molecule has 316 valence electrons. The lowest BCUT2D eigenvalue weighted by molar-refractivity contribution is 0.953. The third-order valence-corrected chi connectivity index (χ3v) is 11.0. The van der Waals surface area contributed by atoms with Crippen molar-refractivity contribution < 1.29 is 52.1 Å². The van der Waals surface area contributed by atoms with E-state index in [1.165, 1.54) is 0 Å². The maximum atomic E-state index is 10.4. The first-order valence-corrected chi connectivity index (χ1v) is 20.0. The third kappa shape index (κ3) is 5.93. The summed E-state index contributed by atoms with van der Waals surface area (Å²) >= 11 is 0. The zero-order chi connectivity index (χ0) is 77.8. The van der Waals surface area contributed by atoms with Crippen molar-refractivity contribution in [2.24, 2.45) is 0 Å². The van der Waals surface area contributed by atoms with Crippen molar-refractivity contribution in [3.63, 3.8) is 0 Å². The van der Waals surface area contributed by atoms with Crippen LogP contribution in [-0.2, 0) is 0 Å². The Kier molecular flexibility index (Phi) is 3.64. The highest BCUT2D eigenvalue weighted by Gasteiger charge is 2.24. The van der Waals surface area contributed by atoms with Gasteiger partial charge in [0, 0.05) is 38.4 Å². The summed E-state index contributed by atoms with van der Waals surface area (Å²) in [5, 5.41) is -6.43. The van der Waals surface area contributed by atoms with Crippen LogP contribution in [0.2, 0.25) is 0 Å². The van der Waals surface area contributed by atoms with Crippen LogP contribution < -0.4 is 0 Å². The molecule has 0 aliphatic heterocycles. The van der Waals surface area contributed by atoms with Gasteiger partial charge in [0.15, 0.2) is 11.6 Å². The Morgan fingerprint density at radius 3 is 1.40 bits per heavy atom. The van der Waals surface area contributed by atoms with Crippen LogP contribution >= 0.6 is 0 Å². The highest BCUT2D eigenvalue weighted by atomic mass is 15.2. The largest absolute Gasteiger partial charge is 0.307 e. The van der Waals surface area contributed by atoms with E-state index >= 15 is 0 Å². The molecule has 0 amide bonds. The van der Waals surface area contributed by atoms with Gasteiger partial charge in [-0.25, -0.2) is 4.98 Å². The van der Waals surface area contributed by atoms with Crippen molar-refractivity contribution in [1.82, 2.24) is 24.1 Å². The van der Waals surface area contributed by atoms with Crippen molar-refractivity contribution in [2.45, 2.75) is 0 Å². The fourth-order valence-corrected chi connectivity index (χ4v) is 8.13. The van der Waals surface area contributed by atoms with E-state index in [-0.39, 0.29) is 0 Å². The Balaban J connectivity index is 1.22. The summed E-state index contributed by atoms with van der Waals surface area (Å²) in [6.07, 6.45) is 0. The number of hydrogen-bond acceptors (Lipinski definition) is 3. The number of nitrogens with zero attached hydrogens (tertiary/aromatic N) is 5. The van der Waals surface area contributed by atoms with E-state index in [0.717, 1.165) is 10.6 Å². The maximum Gasteiger partial charge on any atom is 0.238 e. The van der Waals surface area contributed by atoms with Crippen LogP contribution in [0.4, 0.5) is 0 Å². The standard InChI is InChI=1S/C63H39N5/c1-3-16-40(17-4-1)41-30-32-43(33-31-41)62-64-61(42-18-5-2-6-19-42)65-63(66-62)68-58-29-14-12-27-53(58)55-37-36-54-52-26-11-13-28-57(52)67(59(54)60(55)68)46-21-15-20-44(38-46)45-34-35-51-49-24-8-7-22-47(49)48-23-9-10-25-50(48)56(51)39-45/h1-39H/i1D,2D,3D,4D,5D,6D,7D,8D,9D,10D,11D,12D,13D,14D,15D,16D,17D,18D,19D,20D,21D,22D,23D,24D,25D,26D,27D,28D,30D,31D,32D,33D,34D,35D,36D,37D,38D,39D. The Hall–Kier alpha value is -9.19. The Labute approximate surface area is 444 Å². The van der Waals surface area contributed by atoms with Gasteiger partial charge in [0.2, 0.25) is 5.95 Å². The molecule has 0 atom stereocenters. The Morgan fingerprint density at radius 2 is 0.721 bits per heavy atom. The summed E-state index contributed by atoms with van der Waals surface area (Å²) < 4.78 is 351. The van der Waals surface area contributed by atoms with Crippen molar-refractivity contribution in [2.75, 3.05) is 0 Å². The fourth-order valence-electron chi connectivity index (χ4n) is 8.13. The molecule has 3 aromatic heterocycles. The van der Waals surface area contributed by atoms with Crippen LogP contribution in [0, 0.1) is 0 Å². The second-order valence-electron chi connectivity index (χ2n) is 14.6. The number of para-hydroxylation sites is 2. The third-order valence-electron chi connectivity index (χ3n) is 11.0. The average Bonchev–Trinajstić information content (AvgIpc) is 1.38. The average molecular weight is 904 g/mol. The van der Waals surface area contributed by atoms with Gasteiger partial charge < -0.3 is 4.57 Å². The number of benzene rings is 11. The van der Waals surface area contributed by atoms with Gasteiger partial charge in [-0.15, -0.1) is 0 Å². The highest BCUT2D eigenvalue weighted by Crippen LogP contribution is 2.43. The van der Waals surface area contributed by atoms with E-state index in [0.29, 0.717) is 4.57 Å². The van der Waals surface area contributed by atoms with Gasteiger partial charge in [-0.3, -0.25) is 4.57 Å². The molecule has 14 rings (SSSR count). The molecule has 3 heterocycles. The molecule has 0 saturated heterocycles. The van der Waals surface area contributed by atoms with Crippen LogP contribution in [0.3, 0.4) is 0 Å². The van der Waals surface area contributed by atoms with E-state index in [4.69, 9.17) is 28.8 Å². The lowest BCUT2D eigenvalue weighted by Crippen LogP contribution is -2.07. The molecule has 0 aliphatic carbocycles. The molecule has 11 aromatic carbocycles. The second-order valence-corrected chi connectivity index (χ2v) is 14.6. The number of rotatable bonds is 6. The summed E-state index contributed by atoms with van der Waals surface area (Å²) in [5.74, 6) is -3.01. The zero-order valence-corrected chi connectivity index (χ0v) is 33.8. The van der Waals surface area contributed by atoms with E-state index in [9.17, 15) is 23.3 Å². The first kappa shape index (κ1) is 16.3. The van der Waals surface area contributed by atoms with E-state index in [1.54, 1.807) is 0 Å². The molecule has 0 aliphatic rings. The minimum atomic E-state index is -1.24. The predicted molar refractivity (Wildman–Crippen MR) is 283 cm³/mol. The minimum Gasteiger partial charge on any atom is -0.307 e. The molecule has 14 aromatic rings. The Morgan fingerprint density at radius 1 is 0.279 bits per heavy atom. The van der Waals surface area contributed by atoms with Gasteiger partial charge in [0.25, 0.3) is 0 Å². The quantitative estimate of drug-likeness (QED) is 0.156. The molecular weight excluding hydrogens is 827 g/mol. The molecule has 0 bridgehead atoms. The molecule has 0 radical (unpaired) electrons. The summed E-state index contributed by atoms with van der Waals surface area (Å²) in [4.78, 5) is 13.6. The summed E-state index contributed by atoms with van der Waals surface area (Å²) in [7, 11) is 0.